The molecule has 0 aliphatic carbocycles. The molecule has 7 heteroatoms. The number of hydrogen-bond acceptors (Lipinski definition) is 5. The highest BCUT2D eigenvalue weighted by atomic mass is 32.2. The molecule has 0 saturated heterocycles. The number of aryl methyl sites for hydroxylation is 1. The number of sulfone groups is 1. The molecule has 0 atom stereocenters. The maximum Gasteiger partial charge on any atom is 0.185 e. The Labute approximate surface area is 116 Å². The third-order valence-corrected chi connectivity index (χ3v) is 4.47. The molecule has 0 bridgehead atoms. The largest absolute Gasteiger partial charge is 0.328 e. The predicted octanol–water partition coefficient (Wildman–Crippen LogP) is 1.04. The molecule has 0 saturated carbocycles. The minimum absolute atomic E-state index is 0.101. The third kappa shape index (κ3) is 2.92. The van der Waals surface area contributed by atoms with Crippen molar-refractivity contribution in [2.45, 2.75) is 11.4 Å². The van der Waals surface area contributed by atoms with E-state index in [9.17, 15) is 13.2 Å². The highest BCUT2D eigenvalue weighted by molar-refractivity contribution is 7.91. The first-order chi connectivity index (χ1) is 9.56. The van der Waals surface area contributed by atoms with Gasteiger partial charge in [-0.15, -0.1) is 0 Å². The minimum Gasteiger partial charge on any atom is -0.328 e. The van der Waals surface area contributed by atoms with Crippen molar-refractivity contribution in [3.05, 3.63) is 48.0 Å². The van der Waals surface area contributed by atoms with Gasteiger partial charge >= 0.3 is 0 Å². The Balaban J connectivity index is 2.19. The summed E-state index contributed by atoms with van der Waals surface area (Å²) in [6.45, 7) is 0.132. The SMILES string of the molecule is N#Cc1cccc(S(=O)(=O)CCn2ccnc2C=O)c1. The van der Waals surface area contributed by atoms with Crippen LogP contribution in [-0.2, 0) is 16.4 Å². The lowest BCUT2D eigenvalue weighted by molar-refractivity contribution is 0.111. The zero-order chi connectivity index (χ0) is 14.6. The van der Waals surface area contributed by atoms with Crippen LogP contribution in [0.25, 0.3) is 0 Å². The van der Waals surface area contributed by atoms with Crippen molar-refractivity contribution in [2.24, 2.45) is 0 Å². The van der Waals surface area contributed by atoms with Gasteiger partial charge in [0.05, 0.1) is 22.3 Å². The maximum absolute atomic E-state index is 12.2. The van der Waals surface area contributed by atoms with Crippen LogP contribution in [0.15, 0.2) is 41.6 Å². The van der Waals surface area contributed by atoms with Gasteiger partial charge in [-0.2, -0.15) is 5.26 Å². The molecule has 0 radical (unpaired) electrons. The van der Waals surface area contributed by atoms with Crippen molar-refractivity contribution in [1.82, 2.24) is 9.55 Å². The summed E-state index contributed by atoms with van der Waals surface area (Å²) in [5.41, 5.74) is 0.294. The molecule has 0 fully saturated rings. The zero-order valence-electron chi connectivity index (χ0n) is 10.4. The summed E-state index contributed by atoms with van der Waals surface area (Å²) in [5, 5.41) is 8.78. The molecule has 0 aliphatic heterocycles. The lowest BCUT2D eigenvalue weighted by Gasteiger charge is -2.06. The lowest BCUT2D eigenvalue weighted by atomic mass is 10.2. The Bertz CT molecular complexity index is 772. The second-order valence-corrected chi connectivity index (χ2v) is 6.16. The minimum atomic E-state index is -3.51. The second kappa shape index (κ2) is 5.67. The standard InChI is InChI=1S/C13H11N3O3S/c14-9-11-2-1-3-12(8-11)20(18,19)7-6-16-5-4-15-13(16)10-17/h1-5,8,10H,6-7H2. The molecule has 0 N–H and O–H groups in total. The van der Waals surface area contributed by atoms with E-state index < -0.39 is 9.84 Å². The van der Waals surface area contributed by atoms with Gasteiger partial charge in [0.1, 0.15) is 0 Å². The molecule has 6 nitrogen and oxygen atoms in total. The fourth-order valence-corrected chi connectivity index (χ4v) is 2.99. The van der Waals surface area contributed by atoms with Crippen LogP contribution in [0.5, 0.6) is 0 Å². The maximum atomic E-state index is 12.2. The number of imidazole rings is 1. The van der Waals surface area contributed by atoms with Crippen LogP contribution in [0, 0.1) is 11.3 Å². The van der Waals surface area contributed by atoms with Crippen molar-refractivity contribution in [3.63, 3.8) is 0 Å². The number of nitriles is 1. The molecule has 20 heavy (non-hydrogen) atoms. The van der Waals surface area contributed by atoms with E-state index in [0.717, 1.165) is 0 Å². The lowest BCUT2D eigenvalue weighted by Crippen LogP contribution is -2.14. The van der Waals surface area contributed by atoms with Crippen LogP contribution < -0.4 is 0 Å². The van der Waals surface area contributed by atoms with Gasteiger partial charge in [0.25, 0.3) is 0 Å². The summed E-state index contributed by atoms with van der Waals surface area (Å²) in [6.07, 6.45) is 3.56. The van der Waals surface area contributed by atoms with E-state index in [-0.39, 0.29) is 23.0 Å². The Morgan fingerprint density at radius 2 is 2.20 bits per heavy atom. The summed E-state index contributed by atoms with van der Waals surface area (Å²) >= 11 is 0. The highest BCUT2D eigenvalue weighted by Gasteiger charge is 2.15. The molecule has 1 heterocycles. The van der Waals surface area contributed by atoms with Gasteiger partial charge in [-0.3, -0.25) is 4.79 Å². The molecule has 2 rings (SSSR count). The van der Waals surface area contributed by atoms with Gasteiger partial charge in [0.2, 0.25) is 0 Å². The molecule has 102 valence electrons. The van der Waals surface area contributed by atoms with Crippen LogP contribution in [-0.4, -0.2) is 30.0 Å². The third-order valence-electron chi connectivity index (χ3n) is 2.78. The fourth-order valence-electron chi connectivity index (χ4n) is 1.72. The smallest absolute Gasteiger partial charge is 0.185 e. The van der Waals surface area contributed by atoms with E-state index in [1.807, 2.05) is 6.07 Å². The number of benzene rings is 1. The van der Waals surface area contributed by atoms with E-state index in [1.54, 1.807) is 12.3 Å². The van der Waals surface area contributed by atoms with Gasteiger partial charge in [0.15, 0.2) is 21.9 Å². The molecule has 0 amide bonds. The van der Waals surface area contributed by atoms with Crippen molar-refractivity contribution in [2.75, 3.05) is 5.75 Å². The summed E-state index contributed by atoms with van der Waals surface area (Å²) in [4.78, 5) is 14.6. The van der Waals surface area contributed by atoms with Gasteiger partial charge in [-0.05, 0) is 18.2 Å². The van der Waals surface area contributed by atoms with Crippen molar-refractivity contribution >= 4 is 16.1 Å². The topological polar surface area (TPSA) is 92.8 Å². The van der Waals surface area contributed by atoms with E-state index in [2.05, 4.69) is 4.98 Å². The van der Waals surface area contributed by atoms with Crippen LogP contribution in [0.1, 0.15) is 16.2 Å². The average Bonchev–Trinajstić information content (AvgIpc) is 2.93. The summed E-state index contributed by atoms with van der Waals surface area (Å²) in [6, 6.07) is 7.76. The quantitative estimate of drug-likeness (QED) is 0.767. The number of carbonyl (C=O) groups excluding carboxylic acids is 1. The molecule has 2 aromatic rings. The van der Waals surface area contributed by atoms with Gasteiger partial charge < -0.3 is 4.57 Å². The first-order valence-electron chi connectivity index (χ1n) is 5.76. The summed E-state index contributed by atoms with van der Waals surface area (Å²) < 4.78 is 25.8. The average molecular weight is 289 g/mol. The second-order valence-electron chi connectivity index (χ2n) is 4.06. The molecule has 0 aliphatic rings. The monoisotopic (exact) mass is 289 g/mol. The summed E-state index contributed by atoms with van der Waals surface area (Å²) in [7, 11) is -3.51. The molecular weight excluding hydrogens is 278 g/mol. The van der Waals surface area contributed by atoms with Gasteiger partial charge in [-0.1, -0.05) is 6.07 Å². The van der Waals surface area contributed by atoms with Crippen molar-refractivity contribution < 1.29 is 13.2 Å². The van der Waals surface area contributed by atoms with E-state index in [0.29, 0.717) is 11.8 Å². The fraction of sp³-hybridized carbons (Fsp3) is 0.154. The molecule has 1 aromatic carbocycles. The van der Waals surface area contributed by atoms with Gasteiger partial charge in [-0.25, -0.2) is 13.4 Å². The highest BCUT2D eigenvalue weighted by Crippen LogP contribution is 2.13. The Hall–Kier alpha value is -2.46. The van der Waals surface area contributed by atoms with Crippen LogP contribution in [0.3, 0.4) is 0 Å². The molecular formula is C13H11N3O3S. The van der Waals surface area contributed by atoms with E-state index in [1.165, 1.54) is 29.0 Å². The number of carbonyl (C=O) groups is 1. The normalized spacial score (nSPS) is 10.9. The first kappa shape index (κ1) is 14.0. The zero-order valence-corrected chi connectivity index (χ0v) is 11.2. The van der Waals surface area contributed by atoms with Crippen LogP contribution in [0.2, 0.25) is 0 Å². The first-order valence-corrected chi connectivity index (χ1v) is 7.41. The Kier molecular flexibility index (Phi) is 3.96. The van der Waals surface area contributed by atoms with Crippen molar-refractivity contribution in [1.29, 1.82) is 5.26 Å². The van der Waals surface area contributed by atoms with Crippen LogP contribution >= 0.6 is 0 Å². The predicted molar refractivity (Wildman–Crippen MR) is 70.8 cm³/mol. The Morgan fingerprint density at radius 3 is 2.90 bits per heavy atom. The number of hydrogen-bond donors (Lipinski definition) is 0. The summed E-state index contributed by atoms with van der Waals surface area (Å²) in [5.74, 6) is 0.0185. The number of aldehydes is 1. The Morgan fingerprint density at radius 1 is 1.40 bits per heavy atom. The number of nitrogens with zero attached hydrogens (tertiary/aromatic N) is 3. The van der Waals surface area contributed by atoms with Gasteiger partial charge in [0, 0.05) is 18.9 Å². The molecule has 0 spiro atoms. The number of aromatic nitrogens is 2. The van der Waals surface area contributed by atoms with E-state index in [4.69, 9.17) is 5.26 Å². The number of rotatable bonds is 5. The molecule has 1 aromatic heterocycles. The van der Waals surface area contributed by atoms with Crippen molar-refractivity contribution in [3.8, 4) is 6.07 Å². The van der Waals surface area contributed by atoms with Crippen LogP contribution in [0.4, 0.5) is 0 Å². The van der Waals surface area contributed by atoms with E-state index >= 15 is 0 Å². The molecule has 0 unspecified atom stereocenters.